The normalized spacial score (nSPS) is 16.4. The summed E-state index contributed by atoms with van der Waals surface area (Å²) in [6.45, 7) is 7.57. The van der Waals surface area contributed by atoms with Crippen LogP contribution in [-0.4, -0.2) is 22.9 Å². The molecule has 0 radical (unpaired) electrons. The van der Waals surface area contributed by atoms with Gasteiger partial charge in [-0.15, -0.1) is 0 Å². The summed E-state index contributed by atoms with van der Waals surface area (Å²) in [6.07, 6.45) is 0.621. The molecular formula is C10H19N3O2. The number of aryl methyl sites for hydroxylation is 1. The molecule has 0 fully saturated rings. The average Bonchev–Trinajstić information content (AvgIpc) is 2.51. The van der Waals surface area contributed by atoms with Gasteiger partial charge in [0, 0.05) is 20.5 Å². The SMILES string of the molecule is COC(C)(C)CC(C)(N)c1noc(C)n1. The lowest BCUT2D eigenvalue weighted by Gasteiger charge is -2.31. The second-order valence-electron chi connectivity index (χ2n) is 4.70. The van der Waals surface area contributed by atoms with E-state index in [0.29, 0.717) is 18.1 Å². The van der Waals surface area contributed by atoms with E-state index in [4.69, 9.17) is 15.0 Å². The van der Waals surface area contributed by atoms with Crippen molar-refractivity contribution in [2.24, 2.45) is 5.73 Å². The third kappa shape index (κ3) is 3.00. The first-order valence-corrected chi connectivity index (χ1v) is 4.92. The van der Waals surface area contributed by atoms with Crippen molar-refractivity contribution in [1.82, 2.24) is 10.1 Å². The molecule has 1 aromatic rings. The molecule has 1 unspecified atom stereocenters. The summed E-state index contributed by atoms with van der Waals surface area (Å²) in [5, 5.41) is 3.84. The Morgan fingerprint density at radius 3 is 2.40 bits per heavy atom. The number of methoxy groups -OCH3 is 1. The van der Waals surface area contributed by atoms with Gasteiger partial charge >= 0.3 is 0 Å². The summed E-state index contributed by atoms with van der Waals surface area (Å²) in [4.78, 5) is 4.14. The lowest BCUT2D eigenvalue weighted by Crippen LogP contribution is -2.42. The van der Waals surface area contributed by atoms with Gasteiger partial charge in [0.15, 0.2) is 5.82 Å². The third-order valence-corrected chi connectivity index (χ3v) is 2.38. The Kier molecular flexibility index (Phi) is 3.16. The molecule has 0 saturated heterocycles. The molecule has 0 spiro atoms. The van der Waals surface area contributed by atoms with E-state index < -0.39 is 5.54 Å². The van der Waals surface area contributed by atoms with E-state index in [1.807, 2.05) is 20.8 Å². The van der Waals surface area contributed by atoms with Crippen LogP contribution in [0, 0.1) is 6.92 Å². The van der Waals surface area contributed by atoms with Crippen molar-refractivity contribution in [3.05, 3.63) is 11.7 Å². The summed E-state index contributed by atoms with van der Waals surface area (Å²) >= 11 is 0. The molecule has 0 amide bonds. The second-order valence-corrected chi connectivity index (χ2v) is 4.70. The van der Waals surface area contributed by atoms with Gasteiger partial charge in [-0.25, -0.2) is 0 Å². The number of rotatable bonds is 4. The van der Waals surface area contributed by atoms with Crippen molar-refractivity contribution in [2.75, 3.05) is 7.11 Å². The third-order valence-electron chi connectivity index (χ3n) is 2.38. The predicted molar refractivity (Wildman–Crippen MR) is 56.3 cm³/mol. The number of hydrogen-bond acceptors (Lipinski definition) is 5. The van der Waals surface area contributed by atoms with Crippen LogP contribution in [0.25, 0.3) is 0 Å². The first kappa shape index (κ1) is 12.1. The van der Waals surface area contributed by atoms with Crippen LogP contribution in [-0.2, 0) is 10.3 Å². The zero-order valence-electron chi connectivity index (χ0n) is 10.00. The average molecular weight is 213 g/mol. The molecule has 2 N–H and O–H groups in total. The highest BCUT2D eigenvalue weighted by atomic mass is 16.5. The summed E-state index contributed by atoms with van der Waals surface area (Å²) < 4.78 is 10.3. The van der Waals surface area contributed by atoms with Gasteiger partial charge in [0.1, 0.15) is 0 Å². The highest BCUT2D eigenvalue weighted by Gasteiger charge is 2.34. The Hall–Kier alpha value is -0.940. The fraction of sp³-hybridized carbons (Fsp3) is 0.800. The summed E-state index contributed by atoms with van der Waals surface area (Å²) in [5.41, 5.74) is 5.20. The molecule has 1 atom stereocenters. The monoisotopic (exact) mass is 213 g/mol. The quantitative estimate of drug-likeness (QED) is 0.817. The minimum atomic E-state index is -0.642. The van der Waals surface area contributed by atoms with E-state index in [1.54, 1.807) is 14.0 Å². The van der Waals surface area contributed by atoms with Crippen LogP contribution < -0.4 is 5.73 Å². The topological polar surface area (TPSA) is 74.2 Å². The molecular weight excluding hydrogens is 194 g/mol. The van der Waals surface area contributed by atoms with E-state index in [-0.39, 0.29) is 5.60 Å². The molecule has 0 saturated carbocycles. The lowest BCUT2D eigenvalue weighted by atomic mass is 9.88. The molecule has 0 bridgehead atoms. The Morgan fingerprint density at radius 1 is 1.40 bits per heavy atom. The van der Waals surface area contributed by atoms with Crippen molar-refractivity contribution in [1.29, 1.82) is 0 Å². The van der Waals surface area contributed by atoms with Crippen LogP contribution in [0.3, 0.4) is 0 Å². The largest absolute Gasteiger partial charge is 0.379 e. The van der Waals surface area contributed by atoms with E-state index in [9.17, 15) is 0 Å². The zero-order valence-corrected chi connectivity index (χ0v) is 10.00. The van der Waals surface area contributed by atoms with E-state index in [0.717, 1.165) is 0 Å². The standard InChI is InChI=1S/C10H19N3O2/c1-7-12-8(13-15-7)10(4,11)6-9(2,3)14-5/h6,11H2,1-5H3. The van der Waals surface area contributed by atoms with Crippen molar-refractivity contribution in [3.63, 3.8) is 0 Å². The van der Waals surface area contributed by atoms with Gasteiger partial charge in [-0.3, -0.25) is 0 Å². The van der Waals surface area contributed by atoms with Crippen LogP contribution in [0.15, 0.2) is 4.52 Å². The highest BCUT2D eigenvalue weighted by molar-refractivity contribution is 5.03. The number of hydrogen-bond donors (Lipinski definition) is 1. The molecule has 1 rings (SSSR count). The van der Waals surface area contributed by atoms with E-state index >= 15 is 0 Å². The van der Waals surface area contributed by atoms with Gasteiger partial charge in [-0.2, -0.15) is 4.98 Å². The predicted octanol–water partition coefficient (Wildman–Crippen LogP) is 1.37. The first-order chi connectivity index (χ1) is 6.77. The van der Waals surface area contributed by atoms with E-state index in [1.165, 1.54) is 0 Å². The number of aromatic nitrogens is 2. The first-order valence-electron chi connectivity index (χ1n) is 4.92. The summed E-state index contributed by atoms with van der Waals surface area (Å²) in [6, 6.07) is 0. The second kappa shape index (κ2) is 3.90. The molecule has 0 aliphatic heterocycles. The van der Waals surface area contributed by atoms with Crippen LogP contribution in [0.5, 0.6) is 0 Å². The Bertz CT molecular complexity index is 331. The fourth-order valence-electron chi connectivity index (χ4n) is 1.57. The molecule has 5 nitrogen and oxygen atoms in total. The van der Waals surface area contributed by atoms with Crippen LogP contribution in [0.2, 0.25) is 0 Å². The molecule has 5 heteroatoms. The number of ether oxygens (including phenoxy) is 1. The van der Waals surface area contributed by atoms with Crippen molar-refractivity contribution < 1.29 is 9.26 Å². The van der Waals surface area contributed by atoms with Gasteiger partial charge < -0.3 is 15.0 Å². The van der Waals surface area contributed by atoms with Gasteiger partial charge in [0.25, 0.3) is 0 Å². The zero-order chi connectivity index (χ0) is 11.7. The highest BCUT2D eigenvalue weighted by Crippen LogP contribution is 2.27. The minimum absolute atomic E-state index is 0.308. The maximum atomic E-state index is 6.15. The van der Waals surface area contributed by atoms with Crippen LogP contribution in [0.4, 0.5) is 0 Å². The summed E-state index contributed by atoms with van der Waals surface area (Å²) in [7, 11) is 1.66. The van der Waals surface area contributed by atoms with Crippen molar-refractivity contribution >= 4 is 0 Å². The van der Waals surface area contributed by atoms with Crippen molar-refractivity contribution in [3.8, 4) is 0 Å². The van der Waals surface area contributed by atoms with Gasteiger partial charge in [0.05, 0.1) is 11.1 Å². The van der Waals surface area contributed by atoms with Crippen LogP contribution in [0.1, 0.15) is 38.9 Å². The maximum absolute atomic E-state index is 6.15. The smallest absolute Gasteiger partial charge is 0.223 e. The Balaban J connectivity index is 2.84. The van der Waals surface area contributed by atoms with Gasteiger partial charge in [0.2, 0.25) is 5.89 Å². The maximum Gasteiger partial charge on any atom is 0.223 e. The molecule has 0 aliphatic carbocycles. The van der Waals surface area contributed by atoms with Crippen molar-refractivity contribution in [2.45, 2.75) is 45.3 Å². The number of nitrogens with zero attached hydrogens (tertiary/aromatic N) is 2. The Labute approximate surface area is 90.0 Å². The van der Waals surface area contributed by atoms with E-state index in [2.05, 4.69) is 10.1 Å². The van der Waals surface area contributed by atoms with Gasteiger partial charge in [-0.05, 0) is 20.8 Å². The molecule has 15 heavy (non-hydrogen) atoms. The molecule has 0 aliphatic rings. The van der Waals surface area contributed by atoms with Gasteiger partial charge in [-0.1, -0.05) is 5.16 Å². The molecule has 1 aromatic heterocycles. The number of nitrogens with two attached hydrogens (primary N) is 1. The minimum Gasteiger partial charge on any atom is -0.379 e. The Morgan fingerprint density at radius 2 is 2.00 bits per heavy atom. The summed E-state index contributed by atoms with van der Waals surface area (Å²) in [5.74, 6) is 1.04. The molecule has 1 heterocycles. The fourth-order valence-corrected chi connectivity index (χ4v) is 1.57. The molecule has 0 aromatic carbocycles. The molecule has 86 valence electrons. The lowest BCUT2D eigenvalue weighted by molar-refractivity contribution is -0.00280. The van der Waals surface area contributed by atoms with Crippen LogP contribution >= 0.6 is 0 Å².